The first-order valence-corrected chi connectivity index (χ1v) is 12.2. The number of benzene rings is 3. The van der Waals surface area contributed by atoms with Crippen LogP contribution in [0.5, 0.6) is 5.75 Å². The summed E-state index contributed by atoms with van der Waals surface area (Å²) in [6, 6.07) is 19.3. The Hall–Kier alpha value is -4.17. The van der Waals surface area contributed by atoms with Gasteiger partial charge in [0.25, 0.3) is 5.78 Å². The predicted octanol–water partition coefficient (Wildman–Crippen LogP) is 5.31. The van der Waals surface area contributed by atoms with E-state index in [1.54, 1.807) is 31.4 Å². The number of hydrogen-bond donors (Lipinski definition) is 1. The van der Waals surface area contributed by atoms with Gasteiger partial charge in [0.2, 0.25) is 0 Å². The van der Waals surface area contributed by atoms with Gasteiger partial charge in [0.05, 0.1) is 28.9 Å². The molecule has 0 aliphatic carbocycles. The van der Waals surface area contributed by atoms with Gasteiger partial charge in [0.1, 0.15) is 11.5 Å². The van der Waals surface area contributed by atoms with Crippen molar-refractivity contribution in [3.05, 3.63) is 89.0 Å². The van der Waals surface area contributed by atoms with Crippen molar-refractivity contribution in [1.29, 1.82) is 0 Å². The van der Waals surface area contributed by atoms with E-state index in [0.717, 1.165) is 21.5 Å². The molecule has 1 aromatic heterocycles. The lowest BCUT2D eigenvalue weighted by molar-refractivity contribution is -0.132. The van der Waals surface area contributed by atoms with Gasteiger partial charge in [0, 0.05) is 25.3 Å². The number of aliphatic hydroxyl groups is 1. The molecule has 36 heavy (non-hydrogen) atoms. The summed E-state index contributed by atoms with van der Waals surface area (Å²) in [4.78, 5) is 34.9. The van der Waals surface area contributed by atoms with Crippen LogP contribution < -0.4 is 14.5 Å². The van der Waals surface area contributed by atoms with Gasteiger partial charge in [-0.25, -0.2) is 4.98 Å². The van der Waals surface area contributed by atoms with Crippen LogP contribution in [0.15, 0.2) is 72.3 Å². The molecule has 0 saturated carbocycles. The van der Waals surface area contributed by atoms with Crippen molar-refractivity contribution in [2.24, 2.45) is 0 Å². The fourth-order valence-electron chi connectivity index (χ4n) is 4.33. The summed E-state index contributed by atoms with van der Waals surface area (Å²) < 4.78 is 6.13. The molecule has 0 bridgehead atoms. The number of amides is 1. The lowest BCUT2D eigenvalue weighted by Gasteiger charge is -2.23. The van der Waals surface area contributed by atoms with E-state index in [9.17, 15) is 14.7 Å². The monoisotopic (exact) mass is 499 g/mol. The van der Waals surface area contributed by atoms with Crippen LogP contribution in [0.2, 0.25) is 0 Å². The maximum atomic E-state index is 13.4. The molecule has 7 nitrogen and oxygen atoms in total. The van der Waals surface area contributed by atoms with E-state index in [1.165, 1.54) is 16.2 Å². The third-order valence-corrected chi connectivity index (χ3v) is 7.29. The fourth-order valence-corrected chi connectivity index (χ4v) is 5.42. The Kier molecular flexibility index (Phi) is 5.97. The van der Waals surface area contributed by atoms with Crippen LogP contribution in [-0.4, -0.2) is 43.0 Å². The smallest absolute Gasteiger partial charge is 0.301 e. The first kappa shape index (κ1) is 23.6. The number of methoxy groups -OCH3 is 1. The number of ketones is 1. The minimum Gasteiger partial charge on any atom is -0.507 e. The van der Waals surface area contributed by atoms with Crippen molar-refractivity contribution in [2.75, 3.05) is 31.0 Å². The summed E-state index contributed by atoms with van der Waals surface area (Å²) in [5.74, 6) is -1.09. The predicted molar refractivity (Wildman–Crippen MR) is 143 cm³/mol. The molecule has 2 heterocycles. The van der Waals surface area contributed by atoms with E-state index in [0.29, 0.717) is 22.0 Å². The largest absolute Gasteiger partial charge is 0.507 e. The van der Waals surface area contributed by atoms with Gasteiger partial charge >= 0.3 is 5.91 Å². The number of fused-ring (bicyclic) bond motifs is 1. The van der Waals surface area contributed by atoms with Crippen LogP contribution in [0.25, 0.3) is 16.0 Å². The van der Waals surface area contributed by atoms with E-state index in [4.69, 9.17) is 4.74 Å². The van der Waals surface area contributed by atoms with Gasteiger partial charge in [-0.3, -0.25) is 14.5 Å². The van der Waals surface area contributed by atoms with Crippen molar-refractivity contribution in [2.45, 2.75) is 13.0 Å². The number of carbonyl (C=O) groups is 2. The molecule has 8 heteroatoms. The number of Topliss-reactive ketones (excluding diaryl/α,β-unsaturated/α-hetero) is 1. The first-order chi connectivity index (χ1) is 17.3. The molecule has 1 N–H and O–H groups in total. The third kappa shape index (κ3) is 3.99. The molecular formula is C28H25N3O4S. The molecule has 3 aromatic carbocycles. The van der Waals surface area contributed by atoms with Gasteiger partial charge in [-0.05, 0) is 66.6 Å². The molecule has 1 fully saturated rings. The number of nitrogens with zero attached hydrogens (tertiary/aromatic N) is 3. The second kappa shape index (κ2) is 9.13. The summed E-state index contributed by atoms with van der Waals surface area (Å²) in [6.45, 7) is 1.99. The highest BCUT2D eigenvalue weighted by atomic mass is 32.1. The Morgan fingerprint density at radius 2 is 1.72 bits per heavy atom. The van der Waals surface area contributed by atoms with Crippen molar-refractivity contribution < 1.29 is 19.4 Å². The maximum absolute atomic E-state index is 13.4. The van der Waals surface area contributed by atoms with Crippen LogP contribution in [0.4, 0.5) is 10.8 Å². The normalized spacial score (nSPS) is 17.1. The molecule has 1 aliphatic rings. The molecule has 1 atom stereocenters. The molecule has 182 valence electrons. The highest BCUT2D eigenvalue weighted by Gasteiger charge is 2.48. The molecule has 1 saturated heterocycles. The lowest BCUT2D eigenvalue weighted by Crippen LogP contribution is -2.29. The number of aryl methyl sites for hydroxylation is 1. The van der Waals surface area contributed by atoms with Crippen LogP contribution >= 0.6 is 11.3 Å². The summed E-state index contributed by atoms with van der Waals surface area (Å²) in [5, 5.41) is 11.7. The molecule has 0 spiro atoms. The fraction of sp³-hybridized carbons (Fsp3) is 0.179. The highest BCUT2D eigenvalue weighted by Crippen LogP contribution is 2.44. The van der Waals surface area contributed by atoms with Crippen LogP contribution in [0.1, 0.15) is 22.7 Å². The molecular weight excluding hydrogens is 474 g/mol. The summed E-state index contributed by atoms with van der Waals surface area (Å²) >= 11 is 1.35. The number of aromatic nitrogens is 1. The van der Waals surface area contributed by atoms with E-state index in [2.05, 4.69) is 4.98 Å². The number of rotatable bonds is 5. The summed E-state index contributed by atoms with van der Waals surface area (Å²) in [5.41, 5.74) is 3.95. The average Bonchev–Trinajstić information content (AvgIpc) is 3.41. The van der Waals surface area contributed by atoms with E-state index in [1.807, 2.05) is 68.4 Å². The number of hydrogen-bond acceptors (Lipinski definition) is 7. The van der Waals surface area contributed by atoms with Crippen molar-refractivity contribution in [3.8, 4) is 5.75 Å². The maximum Gasteiger partial charge on any atom is 0.301 e. The zero-order valence-electron chi connectivity index (χ0n) is 20.4. The molecule has 4 aromatic rings. The Morgan fingerprint density at radius 1 is 1.03 bits per heavy atom. The van der Waals surface area contributed by atoms with Crippen LogP contribution in [-0.2, 0) is 9.59 Å². The Morgan fingerprint density at radius 3 is 2.36 bits per heavy atom. The molecule has 1 amide bonds. The SMILES string of the molecule is COc1ccc(/C(O)=C2\C(=O)C(=O)N(c3nc4ccc(C)cc4s3)C2c2ccc(N(C)C)cc2)cc1. The second-order valence-corrected chi connectivity index (χ2v) is 9.86. The quantitative estimate of drug-likeness (QED) is 0.228. The Bertz CT molecular complexity index is 1500. The van der Waals surface area contributed by atoms with Gasteiger partial charge < -0.3 is 14.7 Å². The van der Waals surface area contributed by atoms with E-state index >= 15 is 0 Å². The molecule has 1 unspecified atom stereocenters. The number of ether oxygens (including phenoxy) is 1. The summed E-state index contributed by atoms with van der Waals surface area (Å²) in [6.07, 6.45) is 0. The highest BCUT2D eigenvalue weighted by molar-refractivity contribution is 7.22. The minimum absolute atomic E-state index is 0.0261. The molecule has 0 radical (unpaired) electrons. The van der Waals surface area contributed by atoms with E-state index in [-0.39, 0.29) is 11.3 Å². The first-order valence-electron chi connectivity index (χ1n) is 11.4. The van der Waals surface area contributed by atoms with Gasteiger partial charge in [-0.2, -0.15) is 0 Å². The van der Waals surface area contributed by atoms with Crippen molar-refractivity contribution >= 4 is 49.8 Å². The zero-order chi connectivity index (χ0) is 25.6. The van der Waals surface area contributed by atoms with Gasteiger partial charge in [0.15, 0.2) is 5.13 Å². The number of anilines is 2. The van der Waals surface area contributed by atoms with Crippen molar-refractivity contribution in [3.63, 3.8) is 0 Å². The summed E-state index contributed by atoms with van der Waals surface area (Å²) in [7, 11) is 5.43. The Balaban J connectivity index is 1.70. The van der Waals surface area contributed by atoms with E-state index < -0.39 is 17.7 Å². The topological polar surface area (TPSA) is 83.0 Å². The Labute approximate surface area is 212 Å². The van der Waals surface area contributed by atoms with Gasteiger partial charge in [-0.1, -0.05) is 29.5 Å². The van der Waals surface area contributed by atoms with Crippen molar-refractivity contribution in [1.82, 2.24) is 4.98 Å². The minimum atomic E-state index is -0.829. The average molecular weight is 500 g/mol. The third-order valence-electron chi connectivity index (χ3n) is 6.27. The lowest BCUT2D eigenvalue weighted by atomic mass is 9.95. The molecule has 1 aliphatic heterocycles. The van der Waals surface area contributed by atoms with Crippen LogP contribution in [0, 0.1) is 6.92 Å². The van der Waals surface area contributed by atoms with Crippen LogP contribution in [0.3, 0.4) is 0 Å². The number of aliphatic hydroxyl groups excluding tert-OH is 1. The zero-order valence-corrected chi connectivity index (χ0v) is 21.2. The second-order valence-electron chi connectivity index (χ2n) is 8.85. The van der Waals surface area contributed by atoms with Gasteiger partial charge in [-0.15, -0.1) is 0 Å². The number of thiazole rings is 1. The number of carbonyl (C=O) groups excluding carboxylic acids is 2. The molecule has 5 rings (SSSR count). The standard InChI is InChI=1S/C28H25N3O4S/c1-16-5-14-21-22(15-16)36-28(29-21)31-24(17-6-10-19(11-7-17)30(2)3)23(26(33)27(31)34)25(32)18-8-12-20(35-4)13-9-18/h5-15,24,32H,1-4H3/b25-23+.